The predicted molar refractivity (Wildman–Crippen MR) is 115 cm³/mol. The van der Waals surface area contributed by atoms with Crippen LogP contribution >= 0.6 is 0 Å². The highest BCUT2D eigenvalue weighted by molar-refractivity contribution is 7.85. The van der Waals surface area contributed by atoms with Crippen LogP contribution in [0.25, 0.3) is 0 Å². The number of hydrogen-bond donors (Lipinski definition) is 2. The summed E-state index contributed by atoms with van der Waals surface area (Å²) in [6.45, 7) is 9.58. The normalized spacial score (nSPS) is 21.7. The van der Waals surface area contributed by atoms with Crippen molar-refractivity contribution in [2.45, 2.75) is 77.3 Å². The van der Waals surface area contributed by atoms with Gasteiger partial charge in [-0.2, -0.15) is 0 Å². The second kappa shape index (κ2) is 11.3. The van der Waals surface area contributed by atoms with E-state index in [0.717, 1.165) is 55.3 Å². The molecule has 3 unspecified atom stereocenters. The van der Waals surface area contributed by atoms with Crippen molar-refractivity contribution in [3.8, 4) is 5.75 Å². The van der Waals surface area contributed by atoms with Crippen molar-refractivity contribution in [1.29, 1.82) is 0 Å². The summed E-state index contributed by atoms with van der Waals surface area (Å²) in [6.07, 6.45) is 4.47. The Bertz CT molecular complexity index is 616. The van der Waals surface area contributed by atoms with Gasteiger partial charge in [-0.05, 0) is 57.7 Å². The van der Waals surface area contributed by atoms with Crippen LogP contribution in [0.15, 0.2) is 29.3 Å². The van der Waals surface area contributed by atoms with Crippen LogP contribution in [-0.4, -0.2) is 39.9 Å². The van der Waals surface area contributed by atoms with Crippen molar-refractivity contribution < 1.29 is 8.95 Å². The molecule has 0 aliphatic heterocycles. The molecular weight excluding hydrogens is 358 g/mol. The quantitative estimate of drug-likeness (QED) is 0.523. The fourth-order valence-electron chi connectivity index (χ4n) is 3.38. The first-order valence-electron chi connectivity index (χ1n) is 10.2. The van der Waals surface area contributed by atoms with Gasteiger partial charge in [0.05, 0.1) is 12.6 Å². The second-order valence-corrected chi connectivity index (χ2v) is 9.31. The van der Waals surface area contributed by atoms with E-state index in [4.69, 9.17) is 9.73 Å². The third-order valence-corrected chi connectivity index (χ3v) is 6.42. The van der Waals surface area contributed by atoms with Gasteiger partial charge in [-0.1, -0.05) is 25.5 Å². The molecule has 0 heterocycles. The molecule has 27 heavy (non-hydrogen) atoms. The van der Waals surface area contributed by atoms with Gasteiger partial charge >= 0.3 is 0 Å². The summed E-state index contributed by atoms with van der Waals surface area (Å²) >= 11 is 0. The number of nitrogens with zero attached hydrogens (tertiary/aromatic N) is 1. The second-order valence-electron chi connectivity index (χ2n) is 7.31. The number of guanidine groups is 1. The standard InChI is InChI=1S/C21H35N3O2S/c1-5-22-21(24-18-8-7-9-20(14-18)27(25)6-2)23-15-17-10-12-19(13-11-17)26-16(3)4/h10-13,16,18,20H,5-9,14-15H2,1-4H3,(H2,22,23,24). The average Bonchev–Trinajstić information content (AvgIpc) is 2.66. The molecule has 2 rings (SSSR count). The molecule has 1 aliphatic rings. The summed E-state index contributed by atoms with van der Waals surface area (Å²) in [5, 5.41) is 7.20. The lowest BCUT2D eigenvalue weighted by atomic mass is 9.95. The maximum Gasteiger partial charge on any atom is 0.191 e. The SMILES string of the molecule is CCNC(=NCc1ccc(OC(C)C)cc1)NC1CCCC(S(=O)CC)C1. The minimum atomic E-state index is -0.705. The van der Waals surface area contributed by atoms with Gasteiger partial charge in [0.2, 0.25) is 0 Å². The maximum atomic E-state index is 12.2. The highest BCUT2D eigenvalue weighted by Crippen LogP contribution is 2.23. The zero-order valence-corrected chi connectivity index (χ0v) is 18.0. The summed E-state index contributed by atoms with van der Waals surface area (Å²) in [7, 11) is -0.705. The molecule has 152 valence electrons. The molecule has 0 aromatic heterocycles. The molecule has 0 saturated heterocycles. The Labute approximate surface area is 166 Å². The molecule has 0 amide bonds. The lowest BCUT2D eigenvalue weighted by Crippen LogP contribution is -2.46. The van der Waals surface area contributed by atoms with Gasteiger partial charge in [0, 0.05) is 34.4 Å². The topological polar surface area (TPSA) is 62.7 Å². The van der Waals surface area contributed by atoms with E-state index in [0.29, 0.717) is 17.8 Å². The van der Waals surface area contributed by atoms with Gasteiger partial charge in [0.25, 0.3) is 0 Å². The molecule has 0 bridgehead atoms. The van der Waals surface area contributed by atoms with E-state index in [1.54, 1.807) is 0 Å². The number of hydrogen-bond acceptors (Lipinski definition) is 3. The highest BCUT2D eigenvalue weighted by Gasteiger charge is 2.26. The fourth-order valence-corrected chi connectivity index (χ4v) is 4.73. The molecule has 1 aromatic rings. The molecule has 1 aromatic carbocycles. The van der Waals surface area contributed by atoms with Crippen LogP contribution in [0.5, 0.6) is 5.75 Å². The Morgan fingerprint density at radius 3 is 2.63 bits per heavy atom. The van der Waals surface area contributed by atoms with Gasteiger partial charge in [0.15, 0.2) is 5.96 Å². The third kappa shape index (κ3) is 7.53. The number of benzene rings is 1. The molecule has 1 fully saturated rings. The minimum absolute atomic E-state index is 0.180. The monoisotopic (exact) mass is 393 g/mol. The van der Waals surface area contributed by atoms with Crippen molar-refractivity contribution in [3.63, 3.8) is 0 Å². The van der Waals surface area contributed by atoms with E-state index < -0.39 is 10.8 Å². The van der Waals surface area contributed by atoms with E-state index in [-0.39, 0.29) is 6.10 Å². The van der Waals surface area contributed by atoms with Gasteiger partial charge in [-0.25, -0.2) is 4.99 Å². The van der Waals surface area contributed by atoms with Crippen molar-refractivity contribution >= 4 is 16.8 Å². The Balaban J connectivity index is 1.94. The van der Waals surface area contributed by atoms with Crippen LogP contribution < -0.4 is 15.4 Å². The number of rotatable bonds is 8. The molecule has 5 nitrogen and oxygen atoms in total. The summed E-state index contributed by atoms with van der Waals surface area (Å²) in [5.41, 5.74) is 1.15. The van der Waals surface area contributed by atoms with E-state index in [9.17, 15) is 4.21 Å². The molecule has 1 aliphatic carbocycles. The van der Waals surface area contributed by atoms with Crippen LogP contribution in [0.1, 0.15) is 58.9 Å². The molecule has 2 N–H and O–H groups in total. The Hall–Kier alpha value is -1.56. The van der Waals surface area contributed by atoms with Crippen molar-refractivity contribution in [2.24, 2.45) is 4.99 Å². The van der Waals surface area contributed by atoms with Crippen LogP contribution in [-0.2, 0) is 17.3 Å². The van der Waals surface area contributed by atoms with Crippen LogP contribution in [0.3, 0.4) is 0 Å². The van der Waals surface area contributed by atoms with Gasteiger partial charge in [-0.15, -0.1) is 0 Å². The summed E-state index contributed by atoms with van der Waals surface area (Å²) in [5.74, 6) is 2.48. The third-order valence-electron chi connectivity index (χ3n) is 4.68. The molecule has 3 atom stereocenters. The summed E-state index contributed by atoms with van der Waals surface area (Å²) in [6, 6.07) is 8.46. The zero-order chi connectivity index (χ0) is 19.6. The Kier molecular flexibility index (Phi) is 9.11. The van der Waals surface area contributed by atoms with E-state index in [1.807, 2.05) is 32.9 Å². The average molecular weight is 394 g/mol. The minimum Gasteiger partial charge on any atom is -0.491 e. The lowest BCUT2D eigenvalue weighted by molar-refractivity contribution is 0.242. The Morgan fingerprint density at radius 1 is 1.26 bits per heavy atom. The largest absolute Gasteiger partial charge is 0.491 e. The van der Waals surface area contributed by atoms with Crippen molar-refractivity contribution in [3.05, 3.63) is 29.8 Å². The van der Waals surface area contributed by atoms with Crippen LogP contribution in [0.2, 0.25) is 0 Å². The number of aliphatic imine (C=N–C) groups is 1. The first-order valence-corrected chi connectivity index (χ1v) is 11.6. The summed E-state index contributed by atoms with van der Waals surface area (Å²) in [4.78, 5) is 4.74. The molecular formula is C21H35N3O2S. The zero-order valence-electron chi connectivity index (χ0n) is 17.2. The number of nitrogens with one attached hydrogen (secondary N) is 2. The van der Waals surface area contributed by atoms with E-state index in [2.05, 4.69) is 29.7 Å². The maximum absolute atomic E-state index is 12.2. The molecule has 6 heteroatoms. The van der Waals surface area contributed by atoms with Crippen molar-refractivity contribution in [2.75, 3.05) is 12.3 Å². The first kappa shape index (κ1) is 21.7. The Morgan fingerprint density at radius 2 is 2.00 bits per heavy atom. The lowest BCUT2D eigenvalue weighted by Gasteiger charge is -2.30. The van der Waals surface area contributed by atoms with E-state index >= 15 is 0 Å². The molecule has 0 spiro atoms. The fraction of sp³-hybridized carbons (Fsp3) is 0.667. The summed E-state index contributed by atoms with van der Waals surface area (Å²) < 4.78 is 17.8. The smallest absolute Gasteiger partial charge is 0.191 e. The number of ether oxygens (including phenoxy) is 1. The first-order chi connectivity index (χ1) is 13.0. The van der Waals surface area contributed by atoms with Gasteiger partial charge < -0.3 is 15.4 Å². The van der Waals surface area contributed by atoms with Crippen LogP contribution in [0, 0.1) is 0 Å². The predicted octanol–water partition coefficient (Wildman–Crippen LogP) is 3.61. The van der Waals surface area contributed by atoms with Crippen LogP contribution in [0.4, 0.5) is 0 Å². The van der Waals surface area contributed by atoms with E-state index in [1.165, 1.54) is 0 Å². The van der Waals surface area contributed by atoms with Crippen molar-refractivity contribution in [1.82, 2.24) is 10.6 Å². The van der Waals surface area contributed by atoms with Gasteiger partial charge in [0.1, 0.15) is 5.75 Å². The highest BCUT2D eigenvalue weighted by atomic mass is 32.2. The molecule has 1 saturated carbocycles. The molecule has 0 radical (unpaired) electrons. The van der Waals surface area contributed by atoms with Gasteiger partial charge in [-0.3, -0.25) is 4.21 Å².